The van der Waals surface area contributed by atoms with E-state index in [4.69, 9.17) is 4.74 Å². The highest BCUT2D eigenvalue weighted by atomic mass is 79.9. The number of rotatable bonds is 5. The minimum atomic E-state index is 0.469. The molecule has 134 valence electrons. The van der Waals surface area contributed by atoms with Crippen molar-refractivity contribution in [2.24, 2.45) is 0 Å². The third-order valence-electron chi connectivity index (χ3n) is 3.84. The zero-order valence-electron chi connectivity index (χ0n) is 13.8. The lowest BCUT2D eigenvalue weighted by Gasteiger charge is -2.27. The Morgan fingerprint density at radius 3 is 2.69 bits per heavy atom. The number of aromatic amines is 1. The lowest BCUT2D eigenvalue weighted by Crippen LogP contribution is -2.36. The van der Waals surface area contributed by atoms with Crippen LogP contribution >= 0.6 is 15.9 Å². The number of H-pyrrole nitrogens is 1. The van der Waals surface area contributed by atoms with Crippen LogP contribution in [0.25, 0.3) is 0 Å². The van der Waals surface area contributed by atoms with Crippen LogP contribution in [0.2, 0.25) is 0 Å². The largest absolute Gasteiger partial charge is 0.378 e. The molecule has 0 aromatic carbocycles. The molecule has 3 aromatic heterocycles. The van der Waals surface area contributed by atoms with E-state index in [1.807, 2.05) is 18.2 Å². The average Bonchev–Trinajstić information content (AvgIpc) is 3.19. The summed E-state index contributed by atoms with van der Waals surface area (Å²) >= 11 is 3.44. The molecule has 0 aliphatic carbocycles. The van der Waals surface area contributed by atoms with Gasteiger partial charge in [-0.1, -0.05) is 0 Å². The molecule has 0 saturated carbocycles. The lowest BCUT2D eigenvalue weighted by molar-refractivity contribution is 0.122. The Kier molecular flexibility index (Phi) is 4.93. The summed E-state index contributed by atoms with van der Waals surface area (Å²) in [6, 6.07) is 5.76. The van der Waals surface area contributed by atoms with Crippen LogP contribution in [0.3, 0.4) is 0 Å². The SMILES string of the molecule is Brc1cnc(Nc2ccc(N3CCOCC3)nc2)nc1Nc1ccn[nH]1. The smallest absolute Gasteiger partial charge is 0.229 e. The van der Waals surface area contributed by atoms with Gasteiger partial charge in [0.05, 0.1) is 35.8 Å². The van der Waals surface area contributed by atoms with Gasteiger partial charge in [0.25, 0.3) is 0 Å². The van der Waals surface area contributed by atoms with E-state index < -0.39 is 0 Å². The van der Waals surface area contributed by atoms with E-state index in [0.29, 0.717) is 11.8 Å². The van der Waals surface area contributed by atoms with Crippen molar-refractivity contribution >= 4 is 45.0 Å². The molecule has 3 N–H and O–H groups in total. The molecule has 4 rings (SSSR count). The zero-order valence-corrected chi connectivity index (χ0v) is 15.4. The van der Waals surface area contributed by atoms with E-state index in [-0.39, 0.29) is 0 Å². The van der Waals surface area contributed by atoms with Crippen molar-refractivity contribution in [2.45, 2.75) is 0 Å². The van der Waals surface area contributed by atoms with Crippen LogP contribution in [0.15, 0.2) is 41.3 Å². The summed E-state index contributed by atoms with van der Waals surface area (Å²) in [5.74, 6) is 2.78. The number of pyridine rings is 1. The molecular formula is C16H17BrN8O. The first-order chi connectivity index (χ1) is 12.8. The third-order valence-corrected chi connectivity index (χ3v) is 4.42. The molecule has 3 aromatic rings. The second-order valence-electron chi connectivity index (χ2n) is 5.61. The van der Waals surface area contributed by atoms with Gasteiger partial charge in [0.2, 0.25) is 5.95 Å². The van der Waals surface area contributed by atoms with E-state index >= 15 is 0 Å². The van der Waals surface area contributed by atoms with Crippen molar-refractivity contribution < 1.29 is 4.74 Å². The number of ether oxygens (including phenoxy) is 1. The maximum Gasteiger partial charge on any atom is 0.229 e. The van der Waals surface area contributed by atoms with Gasteiger partial charge in [0.1, 0.15) is 11.6 Å². The van der Waals surface area contributed by atoms with Gasteiger partial charge in [0.15, 0.2) is 5.82 Å². The van der Waals surface area contributed by atoms with Crippen molar-refractivity contribution in [3.05, 3.63) is 41.3 Å². The number of nitrogens with one attached hydrogen (secondary N) is 3. The quantitative estimate of drug-likeness (QED) is 0.582. The highest BCUT2D eigenvalue weighted by molar-refractivity contribution is 9.10. The Morgan fingerprint density at radius 2 is 1.96 bits per heavy atom. The number of anilines is 5. The van der Waals surface area contributed by atoms with Gasteiger partial charge in [0, 0.05) is 25.4 Å². The number of aromatic nitrogens is 5. The number of hydrogen-bond acceptors (Lipinski definition) is 8. The van der Waals surface area contributed by atoms with Crippen molar-refractivity contribution in [3.63, 3.8) is 0 Å². The van der Waals surface area contributed by atoms with Crippen molar-refractivity contribution in [2.75, 3.05) is 41.8 Å². The highest BCUT2D eigenvalue weighted by Crippen LogP contribution is 2.24. The molecule has 0 atom stereocenters. The molecule has 1 fully saturated rings. The van der Waals surface area contributed by atoms with Crippen LogP contribution in [-0.4, -0.2) is 51.5 Å². The summed E-state index contributed by atoms with van der Waals surface area (Å²) in [5, 5.41) is 13.0. The van der Waals surface area contributed by atoms with Gasteiger partial charge in [-0.05, 0) is 28.1 Å². The van der Waals surface area contributed by atoms with Gasteiger partial charge in [-0.15, -0.1) is 0 Å². The normalized spacial score (nSPS) is 14.3. The molecule has 0 unspecified atom stereocenters. The monoisotopic (exact) mass is 416 g/mol. The predicted molar refractivity (Wildman–Crippen MR) is 102 cm³/mol. The minimum absolute atomic E-state index is 0.469. The molecule has 1 saturated heterocycles. The third kappa shape index (κ3) is 3.92. The number of morpholine rings is 1. The van der Waals surface area contributed by atoms with Crippen molar-refractivity contribution in [3.8, 4) is 0 Å². The molecule has 1 aliphatic rings. The molecule has 1 aliphatic heterocycles. The molecule has 0 radical (unpaired) electrons. The first-order valence-corrected chi connectivity index (χ1v) is 8.92. The standard InChI is InChI=1S/C16H17BrN8O/c17-12-10-19-16(23-15(12)22-13-3-4-20-24-13)21-11-1-2-14(18-9-11)25-5-7-26-8-6-25/h1-4,9-10H,5-8H2,(H3,19,20,21,22,23,24). The van der Waals surface area contributed by atoms with Crippen LogP contribution in [0.1, 0.15) is 0 Å². The maximum atomic E-state index is 5.37. The molecule has 0 amide bonds. The molecule has 10 heteroatoms. The molecule has 26 heavy (non-hydrogen) atoms. The van der Waals surface area contributed by atoms with Gasteiger partial charge in [-0.2, -0.15) is 10.1 Å². The summed E-state index contributed by atoms with van der Waals surface area (Å²) in [4.78, 5) is 15.5. The van der Waals surface area contributed by atoms with Gasteiger partial charge >= 0.3 is 0 Å². The zero-order chi connectivity index (χ0) is 17.8. The van der Waals surface area contributed by atoms with Gasteiger partial charge < -0.3 is 20.3 Å². The summed E-state index contributed by atoms with van der Waals surface area (Å²) in [5.41, 5.74) is 0.817. The van der Waals surface area contributed by atoms with Gasteiger partial charge in [-0.3, -0.25) is 5.10 Å². The van der Waals surface area contributed by atoms with E-state index in [1.54, 1.807) is 18.6 Å². The number of halogens is 1. The summed E-state index contributed by atoms with van der Waals surface area (Å²) in [6.45, 7) is 3.19. The van der Waals surface area contributed by atoms with Crippen LogP contribution < -0.4 is 15.5 Å². The topological polar surface area (TPSA) is 104 Å². The van der Waals surface area contributed by atoms with Gasteiger partial charge in [-0.25, -0.2) is 9.97 Å². The number of hydrogen-bond donors (Lipinski definition) is 3. The second kappa shape index (κ2) is 7.67. The Labute approximate surface area is 158 Å². The first kappa shape index (κ1) is 16.7. The van der Waals surface area contributed by atoms with E-state index in [2.05, 4.69) is 56.6 Å². The Bertz CT molecular complexity index is 849. The average molecular weight is 417 g/mol. The van der Waals surface area contributed by atoms with Crippen LogP contribution in [0.4, 0.5) is 29.1 Å². The lowest BCUT2D eigenvalue weighted by atomic mass is 10.3. The molecule has 4 heterocycles. The Balaban J connectivity index is 1.46. The molecule has 0 spiro atoms. The fraction of sp³-hybridized carbons (Fsp3) is 0.250. The fourth-order valence-corrected chi connectivity index (χ4v) is 2.83. The first-order valence-electron chi connectivity index (χ1n) is 8.13. The second-order valence-corrected chi connectivity index (χ2v) is 6.47. The maximum absolute atomic E-state index is 5.37. The van der Waals surface area contributed by atoms with Crippen molar-refractivity contribution in [1.82, 2.24) is 25.1 Å². The van der Waals surface area contributed by atoms with Crippen LogP contribution in [-0.2, 0) is 4.74 Å². The van der Waals surface area contributed by atoms with E-state index in [0.717, 1.165) is 48.1 Å². The van der Waals surface area contributed by atoms with E-state index in [9.17, 15) is 0 Å². The van der Waals surface area contributed by atoms with Crippen LogP contribution in [0, 0.1) is 0 Å². The molecule has 0 bridgehead atoms. The Morgan fingerprint density at radius 1 is 1.08 bits per heavy atom. The van der Waals surface area contributed by atoms with Crippen LogP contribution in [0.5, 0.6) is 0 Å². The fourth-order valence-electron chi connectivity index (χ4n) is 2.54. The van der Waals surface area contributed by atoms with Crippen molar-refractivity contribution in [1.29, 1.82) is 0 Å². The molecular weight excluding hydrogens is 400 g/mol. The van der Waals surface area contributed by atoms with E-state index in [1.165, 1.54) is 0 Å². The number of nitrogens with zero attached hydrogens (tertiary/aromatic N) is 5. The minimum Gasteiger partial charge on any atom is -0.378 e. The predicted octanol–water partition coefficient (Wildman–Crippen LogP) is 2.68. The highest BCUT2D eigenvalue weighted by Gasteiger charge is 2.12. The summed E-state index contributed by atoms with van der Waals surface area (Å²) < 4.78 is 6.12. The summed E-state index contributed by atoms with van der Waals surface area (Å²) in [7, 11) is 0. The molecule has 9 nitrogen and oxygen atoms in total. The Hall–Kier alpha value is -2.72. The summed E-state index contributed by atoms with van der Waals surface area (Å²) in [6.07, 6.45) is 5.13.